The Labute approximate surface area is 149 Å². The van der Waals surface area contributed by atoms with Crippen LogP contribution in [0.5, 0.6) is 0 Å². The molecule has 0 bridgehead atoms. The molecule has 8 heteroatoms. The molecule has 0 radical (unpaired) electrons. The first-order valence-corrected chi connectivity index (χ1v) is 9.30. The Morgan fingerprint density at radius 1 is 1.33 bits per heavy atom. The Balaban J connectivity index is 1.63. The Hall–Kier alpha value is -1.86. The Kier molecular flexibility index (Phi) is 4.28. The highest BCUT2D eigenvalue weighted by Crippen LogP contribution is 2.37. The van der Waals surface area contributed by atoms with Crippen LogP contribution < -0.4 is 5.32 Å². The summed E-state index contributed by atoms with van der Waals surface area (Å²) in [5.74, 6) is 1.83. The minimum Gasteiger partial charge on any atom is -0.364 e. The fourth-order valence-electron chi connectivity index (χ4n) is 2.79. The predicted octanol–water partition coefficient (Wildman–Crippen LogP) is 3.82. The molecule has 4 rings (SSSR count). The van der Waals surface area contributed by atoms with Crippen molar-refractivity contribution in [2.24, 2.45) is 0 Å². The molecule has 3 aromatic heterocycles. The zero-order valence-corrected chi connectivity index (χ0v) is 14.8. The van der Waals surface area contributed by atoms with Gasteiger partial charge in [0, 0.05) is 18.4 Å². The van der Waals surface area contributed by atoms with Crippen molar-refractivity contribution < 1.29 is 0 Å². The van der Waals surface area contributed by atoms with Gasteiger partial charge in [0.25, 0.3) is 0 Å². The van der Waals surface area contributed by atoms with E-state index in [-0.39, 0.29) is 5.28 Å². The van der Waals surface area contributed by atoms with Gasteiger partial charge < -0.3 is 9.88 Å². The molecule has 0 spiro atoms. The molecule has 24 heavy (non-hydrogen) atoms. The largest absolute Gasteiger partial charge is 0.364 e. The van der Waals surface area contributed by atoms with Crippen LogP contribution in [0.15, 0.2) is 24.7 Å². The number of thioether (sulfide) groups is 1. The fourth-order valence-corrected chi connectivity index (χ4v) is 4.21. The van der Waals surface area contributed by atoms with Crippen LogP contribution in [0.2, 0.25) is 5.28 Å². The van der Waals surface area contributed by atoms with Gasteiger partial charge >= 0.3 is 0 Å². The number of anilines is 1. The van der Waals surface area contributed by atoms with Crippen molar-refractivity contribution in [3.63, 3.8) is 0 Å². The summed E-state index contributed by atoms with van der Waals surface area (Å²) >= 11 is 8.07. The third kappa shape index (κ3) is 3.06. The van der Waals surface area contributed by atoms with Gasteiger partial charge in [0.1, 0.15) is 0 Å². The third-order valence-corrected chi connectivity index (χ3v) is 5.58. The first-order valence-electron chi connectivity index (χ1n) is 7.88. The van der Waals surface area contributed by atoms with Crippen LogP contribution in [-0.4, -0.2) is 30.3 Å². The Morgan fingerprint density at radius 3 is 3.00 bits per heavy atom. The maximum atomic E-state index is 6.14. The molecule has 4 heterocycles. The van der Waals surface area contributed by atoms with E-state index in [2.05, 4.69) is 29.8 Å². The molecule has 124 valence electrons. The third-order valence-electron chi connectivity index (χ3n) is 4.04. The molecule has 1 fully saturated rings. The molecule has 3 aromatic rings. The molecule has 0 aliphatic carbocycles. The molecule has 1 atom stereocenters. The number of aryl methyl sites for hydroxylation is 1. The summed E-state index contributed by atoms with van der Waals surface area (Å²) in [5.41, 5.74) is 3.62. The van der Waals surface area contributed by atoms with E-state index in [4.69, 9.17) is 11.6 Å². The van der Waals surface area contributed by atoms with Gasteiger partial charge in [0.05, 0.1) is 11.7 Å². The number of nitrogens with zero attached hydrogens (tertiary/aromatic N) is 5. The maximum Gasteiger partial charge on any atom is 0.226 e. The second kappa shape index (κ2) is 6.57. The molecule has 1 saturated heterocycles. The maximum absolute atomic E-state index is 6.14. The van der Waals surface area contributed by atoms with Crippen molar-refractivity contribution in [2.45, 2.75) is 31.7 Å². The van der Waals surface area contributed by atoms with Crippen molar-refractivity contribution in [2.75, 3.05) is 11.1 Å². The summed E-state index contributed by atoms with van der Waals surface area (Å²) in [4.78, 5) is 17.5. The number of hydrogen-bond acceptors (Lipinski definition) is 6. The van der Waals surface area contributed by atoms with E-state index < -0.39 is 0 Å². The highest BCUT2D eigenvalue weighted by Gasteiger charge is 2.22. The number of aromatic nitrogens is 5. The van der Waals surface area contributed by atoms with E-state index in [1.807, 2.05) is 43.3 Å². The molecule has 0 amide bonds. The quantitative estimate of drug-likeness (QED) is 0.713. The topological polar surface area (TPSA) is 68.5 Å². The lowest BCUT2D eigenvalue weighted by Gasteiger charge is -2.11. The number of fused-ring (bicyclic) bond motifs is 1. The number of pyridine rings is 1. The molecule has 1 N–H and O–H groups in total. The lowest BCUT2D eigenvalue weighted by Crippen LogP contribution is -2.05. The molecule has 6 nitrogen and oxygen atoms in total. The number of imidazole rings is 1. The van der Waals surface area contributed by atoms with E-state index >= 15 is 0 Å². The normalized spacial score (nSPS) is 17.5. The van der Waals surface area contributed by atoms with Crippen LogP contribution in [0.4, 0.5) is 5.82 Å². The van der Waals surface area contributed by atoms with Crippen molar-refractivity contribution in [1.82, 2.24) is 24.5 Å². The van der Waals surface area contributed by atoms with Gasteiger partial charge in [-0.05, 0) is 48.7 Å². The number of rotatable bonds is 4. The second-order valence-electron chi connectivity index (χ2n) is 5.79. The summed E-state index contributed by atoms with van der Waals surface area (Å²) in [6, 6.07) is 4.04. The summed E-state index contributed by atoms with van der Waals surface area (Å²) in [6.07, 6.45) is 6.06. The lowest BCUT2D eigenvalue weighted by atomic mass is 10.2. The molecule has 1 aliphatic heterocycles. The monoisotopic (exact) mass is 360 g/mol. The van der Waals surface area contributed by atoms with Crippen molar-refractivity contribution in [1.29, 1.82) is 0 Å². The van der Waals surface area contributed by atoms with E-state index in [0.29, 0.717) is 17.7 Å². The van der Waals surface area contributed by atoms with Gasteiger partial charge in [-0.3, -0.25) is 4.98 Å². The summed E-state index contributed by atoms with van der Waals surface area (Å²) in [5, 5.41) is 3.93. The highest BCUT2D eigenvalue weighted by atomic mass is 35.5. The first-order chi connectivity index (χ1) is 11.7. The van der Waals surface area contributed by atoms with Crippen LogP contribution in [0.1, 0.15) is 29.5 Å². The van der Waals surface area contributed by atoms with E-state index in [9.17, 15) is 0 Å². The smallest absolute Gasteiger partial charge is 0.226 e. The van der Waals surface area contributed by atoms with Crippen LogP contribution in [-0.2, 0) is 6.54 Å². The SMILES string of the molecule is Cc1ccc(CNc2nc(Cl)nc3c2ncn3[C@H]2CCCS2)cn1. The summed E-state index contributed by atoms with van der Waals surface area (Å²) in [6.45, 7) is 2.58. The van der Waals surface area contributed by atoms with Gasteiger partial charge in [-0.1, -0.05) is 6.07 Å². The molecule has 0 aromatic carbocycles. The molecular weight excluding hydrogens is 344 g/mol. The zero-order valence-electron chi connectivity index (χ0n) is 13.2. The Morgan fingerprint density at radius 2 is 2.25 bits per heavy atom. The number of nitrogens with one attached hydrogen (secondary N) is 1. The summed E-state index contributed by atoms with van der Waals surface area (Å²) in [7, 11) is 0. The molecule has 1 aliphatic rings. The van der Waals surface area contributed by atoms with E-state index in [1.54, 1.807) is 0 Å². The predicted molar refractivity (Wildman–Crippen MR) is 97.4 cm³/mol. The first kappa shape index (κ1) is 15.7. The van der Waals surface area contributed by atoms with Gasteiger partial charge in [0.2, 0.25) is 5.28 Å². The second-order valence-corrected chi connectivity index (χ2v) is 7.42. The van der Waals surface area contributed by atoms with Crippen LogP contribution in [0, 0.1) is 6.92 Å². The Bertz CT molecular complexity index is 857. The van der Waals surface area contributed by atoms with Crippen molar-refractivity contribution in [3.8, 4) is 0 Å². The average Bonchev–Trinajstić information content (AvgIpc) is 3.22. The van der Waals surface area contributed by atoms with E-state index in [0.717, 1.165) is 28.8 Å². The fraction of sp³-hybridized carbons (Fsp3) is 0.375. The van der Waals surface area contributed by atoms with Gasteiger partial charge in [-0.2, -0.15) is 9.97 Å². The van der Waals surface area contributed by atoms with Gasteiger partial charge in [0.15, 0.2) is 17.0 Å². The number of halogens is 1. The molecular formula is C16H17ClN6S. The van der Waals surface area contributed by atoms with Crippen molar-refractivity contribution in [3.05, 3.63) is 41.2 Å². The van der Waals surface area contributed by atoms with Gasteiger partial charge in [-0.15, -0.1) is 11.8 Å². The minimum absolute atomic E-state index is 0.233. The van der Waals surface area contributed by atoms with Crippen LogP contribution >= 0.6 is 23.4 Å². The molecule has 0 saturated carbocycles. The number of hydrogen-bond donors (Lipinski definition) is 1. The summed E-state index contributed by atoms with van der Waals surface area (Å²) < 4.78 is 2.11. The molecule has 0 unspecified atom stereocenters. The zero-order chi connectivity index (χ0) is 16.5. The standard InChI is InChI=1S/C16H17ClN6S/c1-10-4-5-11(7-18-10)8-19-14-13-15(22-16(17)21-14)23(9-20-13)12-3-2-6-24-12/h4-5,7,9,12H,2-3,6,8H2,1H3,(H,19,21,22)/t12-/m1/s1. The lowest BCUT2D eigenvalue weighted by molar-refractivity contribution is 0.654. The minimum atomic E-state index is 0.233. The van der Waals surface area contributed by atoms with E-state index in [1.165, 1.54) is 12.2 Å². The van der Waals surface area contributed by atoms with Crippen LogP contribution in [0.3, 0.4) is 0 Å². The average molecular weight is 361 g/mol. The van der Waals surface area contributed by atoms with Crippen molar-refractivity contribution >= 4 is 40.3 Å². The van der Waals surface area contributed by atoms with Crippen LogP contribution in [0.25, 0.3) is 11.2 Å². The van der Waals surface area contributed by atoms with Gasteiger partial charge in [-0.25, -0.2) is 4.98 Å². The highest BCUT2D eigenvalue weighted by molar-refractivity contribution is 7.99.